The first-order chi connectivity index (χ1) is 16.0. The normalized spacial score (nSPS) is 19.6. The highest BCUT2D eigenvalue weighted by atomic mass is 32.2. The molecule has 2 aromatic heterocycles. The summed E-state index contributed by atoms with van der Waals surface area (Å²) in [4.78, 5) is 21.3. The number of nitrogens with one attached hydrogen (secondary N) is 1. The minimum atomic E-state index is -0.761. The molecule has 2 atom stereocenters. The fourth-order valence-corrected chi connectivity index (χ4v) is 6.37. The maximum absolute atomic E-state index is 12.3. The Hall–Kier alpha value is -3.46. The second-order valence-corrected chi connectivity index (χ2v) is 10.1. The summed E-state index contributed by atoms with van der Waals surface area (Å²) in [6.45, 7) is 1.79. The first kappa shape index (κ1) is 20.2. The number of thiazole rings is 1. The van der Waals surface area contributed by atoms with Crippen molar-refractivity contribution in [2.45, 2.75) is 25.9 Å². The van der Waals surface area contributed by atoms with Crippen LogP contribution >= 0.6 is 22.1 Å². The van der Waals surface area contributed by atoms with Gasteiger partial charge in [-0.15, -0.1) is 0 Å². The molecule has 4 heterocycles. The Morgan fingerprint density at radius 2 is 2.15 bits per heavy atom. The molecule has 1 amide bonds. The zero-order valence-corrected chi connectivity index (χ0v) is 18.8. The van der Waals surface area contributed by atoms with E-state index in [-0.39, 0.29) is 11.1 Å². The van der Waals surface area contributed by atoms with Crippen LogP contribution in [0.15, 0.2) is 46.1 Å². The summed E-state index contributed by atoms with van der Waals surface area (Å²) in [5.74, 6) is 6.25. The molecule has 2 unspecified atom stereocenters. The van der Waals surface area contributed by atoms with Gasteiger partial charge in [0.15, 0.2) is 10.7 Å². The molecule has 11 heteroatoms. The number of anilines is 1. The summed E-state index contributed by atoms with van der Waals surface area (Å²) in [7, 11) is -0.761. The lowest BCUT2D eigenvalue weighted by atomic mass is 10.1. The molecular formula is C22H16N4O5S2. The highest BCUT2D eigenvalue weighted by Crippen LogP contribution is 2.64. The van der Waals surface area contributed by atoms with Crippen LogP contribution in [0.2, 0.25) is 0 Å². The molecule has 0 saturated heterocycles. The number of benzene rings is 1. The molecule has 1 aliphatic carbocycles. The van der Waals surface area contributed by atoms with E-state index in [1.165, 1.54) is 17.6 Å². The number of carbonyl (C=O) groups excluding carboxylic acids is 1. The second kappa shape index (κ2) is 7.55. The number of fused-ring (bicyclic) bond motifs is 3. The van der Waals surface area contributed by atoms with Crippen molar-refractivity contribution in [2.75, 3.05) is 5.32 Å². The van der Waals surface area contributed by atoms with Crippen LogP contribution in [0.4, 0.5) is 16.3 Å². The summed E-state index contributed by atoms with van der Waals surface area (Å²) in [6, 6.07) is 9.42. The second-order valence-electron chi connectivity index (χ2n) is 7.70. The van der Waals surface area contributed by atoms with Gasteiger partial charge < -0.3 is 18.5 Å². The molecule has 3 aromatic rings. The lowest BCUT2D eigenvalue weighted by Gasteiger charge is -2.33. The largest absolute Gasteiger partial charge is 0.441 e. The topological polar surface area (TPSA) is 119 Å². The van der Waals surface area contributed by atoms with Gasteiger partial charge in [-0.25, -0.2) is 14.8 Å². The molecule has 166 valence electrons. The van der Waals surface area contributed by atoms with Gasteiger partial charge in [0, 0.05) is 0 Å². The molecule has 1 spiro atoms. The predicted molar refractivity (Wildman–Crippen MR) is 124 cm³/mol. The van der Waals surface area contributed by atoms with Crippen molar-refractivity contribution in [3.05, 3.63) is 52.9 Å². The van der Waals surface area contributed by atoms with Crippen molar-refractivity contribution in [3.63, 3.8) is 0 Å². The quantitative estimate of drug-likeness (QED) is 0.403. The van der Waals surface area contributed by atoms with E-state index >= 15 is 0 Å². The first-order valence-electron chi connectivity index (χ1n) is 10.1. The van der Waals surface area contributed by atoms with Gasteiger partial charge in [-0.1, -0.05) is 46.8 Å². The average Bonchev–Trinajstić information content (AvgIpc) is 3.40. The molecule has 1 aromatic carbocycles. The number of aliphatic hydroxyl groups excluding tert-OH is 1. The summed E-state index contributed by atoms with van der Waals surface area (Å²) >= 11 is 1.24. The molecule has 2 aliphatic heterocycles. The molecule has 0 bridgehead atoms. The van der Waals surface area contributed by atoms with Gasteiger partial charge in [0.05, 0.1) is 16.2 Å². The van der Waals surface area contributed by atoms with Crippen LogP contribution in [-0.2, 0) is 4.74 Å². The number of rotatable bonds is 3. The highest BCUT2D eigenvalue weighted by Gasteiger charge is 2.62. The minimum absolute atomic E-state index is 0.240. The number of ether oxygens (including phenoxy) is 1. The first-order valence-corrected chi connectivity index (χ1v) is 12.1. The summed E-state index contributed by atoms with van der Waals surface area (Å²) < 4.78 is 16.3. The lowest BCUT2D eigenvalue weighted by Crippen LogP contribution is -2.38. The fraction of sp³-hybridized carbons (Fsp3) is 0.227. The number of aromatic nitrogens is 2. The number of nitrogens with zero attached hydrogens (tertiary/aromatic N) is 3. The maximum Gasteiger partial charge on any atom is 0.412 e. The average molecular weight is 481 g/mol. The van der Waals surface area contributed by atoms with Gasteiger partial charge in [-0.3, -0.25) is 5.32 Å². The number of hydrogen-bond donors (Lipinski definition) is 2. The third kappa shape index (κ3) is 3.43. The molecule has 6 rings (SSSR count). The van der Waals surface area contributed by atoms with Gasteiger partial charge in [0.1, 0.15) is 28.1 Å². The third-order valence-corrected chi connectivity index (χ3v) is 8.36. The smallest absolute Gasteiger partial charge is 0.412 e. The SMILES string of the molecule is CC(OC(=O)Nc1conc1C#Cc1nc2c(s1)OS1=C(O)C3(CC3)C1=N2)c1ccccc1. The molecular weight excluding hydrogens is 464 g/mol. The van der Waals surface area contributed by atoms with Crippen LogP contribution in [0, 0.1) is 17.3 Å². The Morgan fingerprint density at radius 3 is 2.94 bits per heavy atom. The van der Waals surface area contributed by atoms with E-state index in [1.807, 2.05) is 30.3 Å². The maximum atomic E-state index is 12.3. The van der Waals surface area contributed by atoms with E-state index in [0.717, 1.165) is 23.4 Å². The zero-order valence-electron chi connectivity index (χ0n) is 17.2. The predicted octanol–water partition coefficient (Wildman–Crippen LogP) is 4.93. The number of amides is 1. The van der Waals surface area contributed by atoms with Crippen molar-refractivity contribution in [2.24, 2.45) is 10.4 Å². The summed E-state index contributed by atoms with van der Waals surface area (Å²) in [6.07, 6.45) is 2.03. The van der Waals surface area contributed by atoms with Crippen molar-refractivity contribution < 1.29 is 23.3 Å². The summed E-state index contributed by atoms with van der Waals surface area (Å²) in [5, 5.41) is 19.0. The zero-order chi connectivity index (χ0) is 22.6. The molecule has 1 saturated carbocycles. The fourth-order valence-electron chi connectivity index (χ4n) is 3.54. The lowest BCUT2D eigenvalue weighted by molar-refractivity contribution is 0.121. The van der Waals surface area contributed by atoms with Gasteiger partial charge in [-0.2, -0.15) is 0 Å². The van der Waals surface area contributed by atoms with Crippen molar-refractivity contribution in [1.29, 1.82) is 0 Å². The Bertz CT molecular complexity index is 1410. The van der Waals surface area contributed by atoms with Crippen LogP contribution in [0.5, 0.6) is 5.06 Å². The van der Waals surface area contributed by atoms with E-state index in [2.05, 4.69) is 32.3 Å². The van der Waals surface area contributed by atoms with Crippen LogP contribution < -0.4 is 9.50 Å². The molecule has 33 heavy (non-hydrogen) atoms. The Morgan fingerprint density at radius 1 is 1.33 bits per heavy atom. The van der Waals surface area contributed by atoms with Crippen molar-refractivity contribution >= 4 is 49.8 Å². The number of carbonyl (C=O) groups is 1. The van der Waals surface area contributed by atoms with Gasteiger partial charge in [0.2, 0.25) is 10.9 Å². The number of aliphatic hydroxyl groups is 1. The molecule has 1 fully saturated rings. The van der Waals surface area contributed by atoms with Crippen LogP contribution in [0.25, 0.3) is 0 Å². The van der Waals surface area contributed by atoms with E-state index in [9.17, 15) is 9.90 Å². The third-order valence-electron chi connectivity index (χ3n) is 5.51. The Balaban J connectivity index is 1.16. The minimum Gasteiger partial charge on any atom is -0.441 e. The summed E-state index contributed by atoms with van der Waals surface area (Å²) in [5.41, 5.74) is 1.15. The monoisotopic (exact) mass is 480 g/mol. The van der Waals surface area contributed by atoms with Crippen molar-refractivity contribution in [1.82, 2.24) is 10.1 Å². The molecule has 2 N–H and O–H groups in total. The van der Waals surface area contributed by atoms with E-state index in [0.29, 0.717) is 26.6 Å². The van der Waals surface area contributed by atoms with Gasteiger partial charge >= 0.3 is 6.09 Å². The van der Waals surface area contributed by atoms with Crippen LogP contribution in [0.1, 0.15) is 42.1 Å². The van der Waals surface area contributed by atoms with Crippen LogP contribution in [0.3, 0.4) is 0 Å². The van der Waals surface area contributed by atoms with E-state index in [4.69, 9.17) is 13.4 Å². The van der Waals surface area contributed by atoms with E-state index in [1.54, 1.807) is 6.92 Å². The van der Waals surface area contributed by atoms with Gasteiger partial charge in [0.25, 0.3) is 0 Å². The van der Waals surface area contributed by atoms with Crippen LogP contribution in [-0.4, -0.2) is 31.4 Å². The Kier molecular flexibility index (Phi) is 4.62. The molecule has 0 radical (unpaired) electrons. The van der Waals surface area contributed by atoms with Gasteiger partial charge in [-0.05, 0) is 37.2 Å². The Labute approximate surface area is 194 Å². The molecule has 9 nitrogen and oxygen atoms in total. The van der Waals surface area contributed by atoms with E-state index < -0.39 is 23.0 Å². The standard InChI is InChI=1S/C22H16N4O5S2/c1-12(13-5-3-2-4-6-13)30-21(28)23-15-11-29-26-14(15)7-8-16-24-17-18(32-16)31-33-19(25-17)22(9-10-22)20(33)27/h2-6,11-12,27H,9-10H2,1H3,(H,23,28). The van der Waals surface area contributed by atoms with Crippen molar-refractivity contribution in [3.8, 4) is 16.9 Å². The highest BCUT2D eigenvalue weighted by molar-refractivity contribution is 8.27. The number of aliphatic imine (C=N–C) groups is 1. The molecule has 3 aliphatic rings. The number of hydrogen-bond acceptors (Lipinski definition) is 8.